The lowest BCUT2D eigenvalue weighted by atomic mass is 10.4. The lowest BCUT2D eigenvalue weighted by Gasteiger charge is -1.91. The average molecular weight is 176 g/mol. The van der Waals surface area contributed by atoms with Gasteiger partial charge in [0.15, 0.2) is 0 Å². The van der Waals surface area contributed by atoms with Crippen LogP contribution in [0.25, 0.3) is 0 Å². The van der Waals surface area contributed by atoms with E-state index < -0.39 is 5.91 Å². The van der Waals surface area contributed by atoms with Crippen LogP contribution in [0.15, 0.2) is 23.4 Å². The predicted molar refractivity (Wildman–Crippen MR) is 46.8 cm³/mol. The molecule has 1 aromatic rings. The maximum atomic E-state index is 10.7. The highest BCUT2D eigenvalue weighted by Crippen LogP contribution is 1.88. The van der Waals surface area contributed by atoms with Crippen LogP contribution in [0, 0.1) is 11.3 Å². The summed E-state index contributed by atoms with van der Waals surface area (Å²) in [5, 5.41) is 11.8. The summed E-state index contributed by atoms with van der Waals surface area (Å²) >= 11 is 0. The molecule has 1 heterocycles. The van der Waals surface area contributed by atoms with Crippen LogP contribution in [0.2, 0.25) is 0 Å². The van der Waals surface area contributed by atoms with E-state index in [-0.39, 0.29) is 6.42 Å². The summed E-state index contributed by atoms with van der Waals surface area (Å²) in [4.78, 5) is 13.6. The van der Waals surface area contributed by atoms with Gasteiger partial charge in [-0.1, -0.05) is 0 Å². The summed E-state index contributed by atoms with van der Waals surface area (Å²) in [6, 6.07) is 5.34. The number of carbonyl (C=O) groups excluding carboxylic acids is 1. The highest BCUT2D eigenvalue weighted by atomic mass is 16.2. The van der Waals surface area contributed by atoms with Crippen molar-refractivity contribution in [3.05, 3.63) is 24.0 Å². The third-order valence-corrected chi connectivity index (χ3v) is 1.25. The number of nitrogens with one attached hydrogen (secondary N) is 2. The topological polar surface area (TPSA) is 81.0 Å². The van der Waals surface area contributed by atoms with Gasteiger partial charge in [0, 0.05) is 6.20 Å². The van der Waals surface area contributed by atoms with Crippen molar-refractivity contribution in [2.75, 3.05) is 0 Å². The van der Waals surface area contributed by atoms with Crippen molar-refractivity contribution < 1.29 is 4.79 Å². The van der Waals surface area contributed by atoms with Crippen molar-refractivity contribution in [2.45, 2.75) is 6.42 Å². The summed E-state index contributed by atoms with van der Waals surface area (Å²) < 4.78 is 0. The number of H-pyrrole nitrogens is 1. The van der Waals surface area contributed by atoms with E-state index in [4.69, 9.17) is 5.26 Å². The van der Waals surface area contributed by atoms with Crippen LogP contribution in [0.1, 0.15) is 12.1 Å². The third kappa shape index (κ3) is 3.20. The monoisotopic (exact) mass is 176 g/mol. The van der Waals surface area contributed by atoms with E-state index in [9.17, 15) is 4.79 Å². The molecule has 5 nitrogen and oxygen atoms in total. The number of rotatable bonds is 3. The van der Waals surface area contributed by atoms with Crippen LogP contribution in [0.5, 0.6) is 0 Å². The van der Waals surface area contributed by atoms with Gasteiger partial charge in [0.2, 0.25) is 0 Å². The zero-order chi connectivity index (χ0) is 9.52. The number of carbonyl (C=O) groups is 1. The van der Waals surface area contributed by atoms with Crippen LogP contribution in [0.3, 0.4) is 0 Å². The van der Waals surface area contributed by atoms with E-state index in [0.29, 0.717) is 0 Å². The van der Waals surface area contributed by atoms with Gasteiger partial charge in [-0.05, 0) is 12.1 Å². The lowest BCUT2D eigenvalue weighted by molar-refractivity contribution is -0.120. The zero-order valence-corrected chi connectivity index (χ0v) is 6.82. The van der Waals surface area contributed by atoms with Gasteiger partial charge in [0.05, 0.1) is 18.0 Å². The molecule has 0 aromatic carbocycles. The fourth-order valence-electron chi connectivity index (χ4n) is 0.710. The first kappa shape index (κ1) is 9.00. The molecule has 0 saturated heterocycles. The third-order valence-electron chi connectivity index (χ3n) is 1.25. The number of aromatic nitrogens is 1. The van der Waals surface area contributed by atoms with Crippen molar-refractivity contribution in [3.8, 4) is 6.07 Å². The highest BCUT2D eigenvalue weighted by Gasteiger charge is 1.94. The molecular weight excluding hydrogens is 168 g/mol. The first-order valence-corrected chi connectivity index (χ1v) is 3.65. The fourth-order valence-corrected chi connectivity index (χ4v) is 0.710. The van der Waals surface area contributed by atoms with Gasteiger partial charge in [0.25, 0.3) is 5.91 Å². The van der Waals surface area contributed by atoms with Gasteiger partial charge < -0.3 is 4.98 Å². The summed E-state index contributed by atoms with van der Waals surface area (Å²) in [6.07, 6.45) is 3.04. The van der Waals surface area contributed by atoms with Crippen LogP contribution < -0.4 is 5.43 Å². The van der Waals surface area contributed by atoms with Crippen LogP contribution in [-0.4, -0.2) is 17.1 Å². The molecule has 0 aliphatic heterocycles. The molecule has 0 aliphatic carbocycles. The standard InChI is InChI=1S/C8H8N4O/c9-4-3-8(13)12-11-6-7-2-1-5-10-7/h1-2,5-6,10H,3H2,(H,12,13). The van der Waals surface area contributed by atoms with Gasteiger partial charge in [-0.15, -0.1) is 0 Å². The molecule has 5 heteroatoms. The normalized spacial score (nSPS) is 9.77. The van der Waals surface area contributed by atoms with E-state index in [1.54, 1.807) is 18.3 Å². The Morgan fingerprint density at radius 1 is 1.85 bits per heavy atom. The van der Waals surface area contributed by atoms with Crippen molar-refractivity contribution in [1.82, 2.24) is 10.4 Å². The number of amides is 1. The van der Waals surface area contributed by atoms with Crippen LogP contribution >= 0.6 is 0 Å². The Balaban J connectivity index is 2.35. The number of nitriles is 1. The van der Waals surface area contributed by atoms with Crippen molar-refractivity contribution in [2.24, 2.45) is 5.10 Å². The molecule has 13 heavy (non-hydrogen) atoms. The smallest absolute Gasteiger partial charge is 0.254 e. The molecule has 0 fully saturated rings. The maximum absolute atomic E-state index is 10.7. The van der Waals surface area contributed by atoms with Gasteiger partial charge in [-0.25, -0.2) is 5.43 Å². The quantitative estimate of drug-likeness (QED) is 0.515. The average Bonchev–Trinajstić information content (AvgIpc) is 2.57. The first-order valence-electron chi connectivity index (χ1n) is 3.65. The largest absolute Gasteiger partial charge is 0.360 e. The number of nitrogens with zero attached hydrogens (tertiary/aromatic N) is 2. The molecule has 1 aromatic heterocycles. The van der Waals surface area contributed by atoms with Gasteiger partial charge >= 0.3 is 0 Å². The van der Waals surface area contributed by atoms with Crippen LogP contribution in [0.4, 0.5) is 0 Å². The Labute approximate surface area is 75.1 Å². The number of aromatic amines is 1. The SMILES string of the molecule is N#CCC(=O)NN=Cc1ccc[nH]1. The van der Waals surface area contributed by atoms with E-state index in [2.05, 4.69) is 15.5 Å². The van der Waals surface area contributed by atoms with Crippen LogP contribution in [-0.2, 0) is 4.79 Å². The molecule has 0 atom stereocenters. The number of hydrazone groups is 1. The molecule has 2 N–H and O–H groups in total. The Bertz CT molecular complexity index is 334. The molecule has 0 spiro atoms. The molecular formula is C8H8N4O. The summed E-state index contributed by atoms with van der Waals surface area (Å²) in [7, 11) is 0. The number of hydrogen-bond acceptors (Lipinski definition) is 3. The minimum Gasteiger partial charge on any atom is -0.360 e. The predicted octanol–water partition coefficient (Wildman–Crippen LogP) is 0.378. The molecule has 1 rings (SSSR count). The summed E-state index contributed by atoms with van der Waals surface area (Å²) in [6.45, 7) is 0. The molecule has 0 aliphatic rings. The second-order valence-electron chi connectivity index (χ2n) is 2.25. The van der Waals surface area contributed by atoms with E-state index in [1.165, 1.54) is 6.21 Å². The fraction of sp³-hybridized carbons (Fsp3) is 0.125. The van der Waals surface area contributed by atoms with E-state index >= 15 is 0 Å². The summed E-state index contributed by atoms with van der Waals surface area (Å²) in [5.41, 5.74) is 3.00. The van der Waals surface area contributed by atoms with Gasteiger partial charge in [-0.3, -0.25) is 4.79 Å². The lowest BCUT2D eigenvalue weighted by Crippen LogP contribution is -2.16. The Hall–Kier alpha value is -2.09. The van der Waals surface area contributed by atoms with E-state index in [1.807, 2.05) is 6.07 Å². The highest BCUT2D eigenvalue weighted by molar-refractivity contribution is 5.81. The van der Waals surface area contributed by atoms with Crippen molar-refractivity contribution in [1.29, 1.82) is 5.26 Å². The zero-order valence-electron chi connectivity index (χ0n) is 6.82. The molecule has 1 amide bonds. The second-order valence-corrected chi connectivity index (χ2v) is 2.25. The molecule has 0 radical (unpaired) electrons. The Kier molecular flexibility index (Phi) is 3.27. The van der Waals surface area contributed by atoms with Gasteiger partial charge in [-0.2, -0.15) is 10.4 Å². The molecule has 0 saturated carbocycles. The molecule has 66 valence electrons. The maximum Gasteiger partial charge on any atom is 0.254 e. The Morgan fingerprint density at radius 2 is 2.69 bits per heavy atom. The second kappa shape index (κ2) is 4.72. The minimum absolute atomic E-state index is 0.179. The van der Waals surface area contributed by atoms with Gasteiger partial charge in [0.1, 0.15) is 6.42 Å². The minimum atomic E-state index is -0.412. The molecule has 0 bridgehead atoms. The summed E-state index contributed by atoms with van der Waals surface area (Å²) in [5.74, 6) is -0.412. The first-order chi connectivity index (χ1) is 6.33. The Morgan fingerprint density at radius 3 is 3.31 bits per heavy atom. The molecule has 0 unspecified atom stereocenters. The van der Waals surface area contributed by atoms with E-state index in [0.717, 1.165) is 5.69 Å². The van der Waals surface area contributed by atoms with Crippen molar-refractivity contribution >= 4 is 12.1 Å². The number of hydrogen-bond donors (Lipinski definition) is 2. The van der Waals surface area contributed by atoms with Crippen molar-refractivity contribution in [3.63, 3.8) is 0 Å².